The van der Waals surface area contributed by atoms with Crippen LogP contribution in [-0.4, -0.2) is 53.8 Å². The highest BCUT2D eigenvalue weighted by atomic mass is 16.2. The molecule has 1 saturated carbocycles. The molecule has 2 aliphatic heterocycles. The Labute approximate surface area is 115 Å². The van der Waals surface area contributed by atoms with E-state index in [0.717, 1.165) is 38.3 Å². The number of carbonyl (C=O) groups excluding carboxylic acids is 1. The maximum absolute atomic E-state index is 12.6. The maximum atomic E-state index is 12.6. The van der Waals surface area contributed by atoms with Crippen molar-refractivity contribution < 1.29 is 4.79 Å². The first-order chi connectivity index (χ1) is 8.94. The number of hydrogen-bond donors (Lipinski definition) is 0. The highest BCUT2D eigenvalue weighted by Crippen LogP contribution is 2.50. The summed E-state index contributed by atoms with van der Waals surface area (Å²) in [5, 5.41) is 0. The van der Waals surface area contributed by atoms with E-state index in [1.54, 1.807) is 4.90 Å². The molecular formula is C15H25N3O. The molecule has 3 atom stereocenters. The predicted octanol–water partition coefficient (Wildman–Crippen LogP) is 1.61. The summed E-state index contributed by atoms with van der Waals surface area (Å²) in [5.74, 6) is 2.95. The molecule has 1 saturated heterocycles. The Bertz CT molecular complexity index is 431. The van der Waals surface area contributed by atoms with E-state index in [1.165, 1.54) is 0 Å². The second-order valence-corrected chi connectivity index (χ2v) is 6.97. The van der Waals surface area contributed by atoms with Gasteiger partial charge in [-0.1, -0.05) is 13.8 Å². The number of rotatable bonds is 2. The van der Waals surface area contributed by atoms with Crippen molar-refractivity contribution in [2.45, 2.75) is 39.2 Å². The van der Waals surface area contributed by atoms with E-state index in [-0.39, 0.29) is 5.91 Å². The highest BCUT2D eigenvalue weighted by Gasteiger charge is 2.59. The molecule has 0 aromatic carbocycles. The Hall–Kier alpha value is -0.900. The molecule has 19 heavy (non-hydrogen) atoms. The summed E-state index contributed by atoms with van der Waals surface area (Å²) in [4.78, 5) is 21.7. The van der Waals surface area contributed by atoms with Crippen LogP contribution < -0.4 is 0 Å². The Kier molecular flexibility index (Phi) is 2.97. The largest absolute Gasteiger partial charge is 0.302 e. The van der Waals surface area contributed by atoms with Crippen molar-refractivity contribution in [2.24, 2.45) is 22.7 Å². The lowest BCUT2D eigenvalue weighted by Gasteiger charge is -2.27. The second kappa shape index (κ2) is 4.30. The molecule has 0 unspecified atom stereocenters. The minimum Gasteiger partial charge on any atom is -0.302 e. The number of likely N-dealkylation sites (tertiary alicyclic amines) is 1. The fourth-order valence-electron chi connectivity index (χ4n) is 4.30. The second-order valence-electron chi connectivity index (χ2n) is 6.97. The normalized spacial score (nSPS) is 38.7. The topological polar surface area (TPSA) is 35.9 Å². The smallest absolute Gasteiger partial charge is 0.255 e. The van der Waals surface area contributed by atoms with Gasteiger partial charge in [0.1, 0.15) is 11.4 Å². The van der Waals surface area contributed by atoms with Gasteiger partial charge in [0, 0.05) is 32.6 Å². The summed E-state index contributed by atoms with van der Waals surface area (Å²) in [6.45, 7) is 9.85. The average molecular weight is 263 g/mol. The Morgan fingerprint density at radius 1 is 1.42 bits per heavy atom. The first-order valence-corrected chi connectivity index (χ1v) is 7.51. The average Bonchev–Trinajstić information content (AvgIpc) is 2.92. The predicted molar refractivity (Wildman–Crippen MR) is 76.1 cm³/mol. The van der Waals surface area contributed by atoms with Gasteiger partial charge in [-0.25, -0.2) is 0 Å². The van der Waals surface area contributed by atoms with E-state index in [9.17, 15) is 4.79 Å². The molecule has 0 radical (unpaired) electrons. The summed E-state index contributed by atoms with van der Waals surface area (Å²) >= 11 is 0. The van der Waals surface area contributed by atoms with Gasteiger partial charge >= 0.3 is 0 Å². The molecule has 106 valence electrons. The van der Waals surface area contributed by atoms with Gasteiger partial charge in [-0.15, -0.1) is 0 Å². The number of carbonyl (C=O) groups is 1. The molecule has 0 aromatic heterocycles. The van der Waals surface area contributed by atoms with E-state index < -0.39 is 5.54 Å². The fourth-order valence-corrected chi connectivity index (χ4v) is 4.30. The van der Waals surface area contributed by atoms with Crippen LogP contribution in [0.2, 0.25) is 0 Å². The first-order valence-electron chi connectivity index (χ1n) is 7.51. The Balaban J connectivity index is 1.82. The van der Waals surface area contributed by atoms with Crippen LogP contribution in [0.25, 0.3) is 0 Å². The number of amides is 1. The van der Waals surface area contributed by atoms with E-state index in [2.05, 4.69) is 18.7 Å². The van der Waals surface area contributed by atoms with E-state index >= 15 is 0 Å². The summed E-state index contributed by atoms with van der Waals surface area (Å²) in [7, 11) is 1.87. The van der Waals surface area contributed by atoms with Gasteiger partial charge in [-0.3, -0.25) is 9.79 Å². The van der Waals surface area contributed by atoms with Crippen LogP contribution in [0.1, 0.15) is 33.6 Å². The van der Waals surface area contributed by atoms with Crippen LogP contribution >= 0.6 is 0 Å². The number of amidine groups is 1. The van der Waals surface area contributed by atoms with Crippen LogP contribution in [0.4, 0.5) is 0 Å². The molecule has 3 aliphatic rings. The van der Waals surface area contributed by atoms with Crippen molar-refractivity contribution in [1.29, 1.82) is 0 Å². The molecule has 2 fully saturated rings. The van der Waals surface area contributed by atoms with Gasteiger partial charge in [0.25, 0.3) is 5.91 Å². The SMILES string of the molecule is CC1=N[C@@]2(CC[C@@H]3CN(CC(C)C)C[C@@H]32)C(=O)N1C. The zero-order valence-corrected chi connectivity index (χ0v) is 12.5. The Morgan fingerprint density at radius 3 is 2.74 bits per heavy atom. The minimum atomic E-state index is -0.408. The van der Waals surface area contributed by atoms with Crippen molar-refractivity contribution in [3.05, 3.63) is 0 Å². The summed E-state index contributed by atoms with van der Waals surface area (Å²) in [5.41, 5.74) is -0.408. The molecular weight excluding hydrogens is 238 g/mol. The number of fused-ring (bicyclic) bond motifs is 2. The molecule has 3 rings (SSSR count). The molecule has 4 nitrogen and oxygen atoms in total. The minimum absolute atomic E-state index is 0.240. The third-order valence-electron chi connectivity index (χ3n) is 5.17. The quantitative estimate of drug-likeness (QED) is 0.759. The number of likely N-dealkylation sites (N-methyl/N-ethyl adjacent to an activating group) is 1. The molecule has 1 amide bonds. The maximum Gasteiger partial charge on any atom is 0.255 e. The van der Waals surface area contributed by atoms with Crippen LogP contribution in [-0.2, 0) is 4.79 Å². The third kappa shape index (κ3) is 1.83. The lowest BCUT2D eigenvalue weighted by atomic mass is 9.85. The van der Waals surface area contributed by atoms with Crippen molar-refractivity contribution in [3.63, 3.8) is 0 Å². The lowest BCUT2D eigenvalue weighted by molar-refractivity contribution is -0.131. The summed E-state index contributed by atoms with van der Waals surface area (Å²) < 4.78 is 0. The van der Waals surface area contributed by atoms with Crippen LogP contribution in [0.3, 0.4) is 0 Å². The van der Waals surface area contributed by atoms with Crippen LogP contribution in [0.5, 0.6) is 0 Å². The fraction of sp³-hybridized carbons (Fsp3) is 0.867. The summed E-state index contributed by atoms with van der Waals surface area (Å²) in [6, 6.07) is 0. The van der Waals surface area contributed by atoms with Crippen LogP contribution in [0.15, 0.2) is 4.99 Å². The zero-order chi connectivity index (χ0) is 13.8. The third-order valence-corrected chi connectivity index (χ3v) is 5.17. The van der Waals surface area contributed by atoms with Gasteiger partial charge < -0.3 is 9.80 Å². The van der Waals surface area contributed by atoms with Crippen molar-refractivity contribution >= 4 is 11.7 Å². The van der Waals surface area contributed by atoms with E-state index in [0.29, 0.717) is 17.8 Å². The van der Waals surface area contributed by atoms with Gasteiger partial charge in [0.05, 0.1) is 0 Å². The zero-order valence-electron chi connectivity index (χ0n) is 12.5. The molecule has 4 heteroatoms. The van der Waals surface area contributed by atoms with Crippen molar-refractivity contribution in [1.82, 2.24) is 9.80 Å². The lowest BCUT2D eigenvalue weighted by Crippen LogP contribution is -2.45. The molecule has 0 aromatic rings. The molecule has 1 spiro atoms. The number of nitrogens with zero attached hydrogens (tertiary/aromatic N) is 3. The van der Waals surface area contributed by atoms with Crippen LogP contribution in [0, 0.1) is 17.8 Å². The van der Waals surface area contributed by atoms with Gasteiger partial charge in [0.2, 0.25) is 0 Å². The molecule has 0 N–H and O–H groups in total. The first kappa shape index (κ1) is 13.1. The van der Waals surface area contributed by atoms with E-state index in [1.807, 2.05) is 14.0 Å². The monoisotopic (exact) mass is 263 g/mol. The highest BCUT2D eigenvalue weighted by molar-refractivity contribution is 6.07. The number of hydrogen-bond acceptors (Lipinski definition) is 3. The van der Waals surface area contributed by atoms with Crippen molar-refractivity contribution in [3.8, 4) is 0 Å². The van der Waals surface area contributed by atoms with Crippen molar-refractivity contribution in [2.75, 3.05) is 26.7 Å². The number of aliphatic imine (C=N–C) groups is 1. The van der Waals surface area contributed by atoms with E-state index in [4.69, 9.17) is 4.99 Å². The Morgan fingerprint density at radius 2 is 2.16 bits per heavy atom. The molecule has 0 bridgehead atoms. The molecule has 2 heterocycles. The van der Waals surface area contributed by atoms with Gasteiger partial charge in [-0.2, -0.15) is 0 Å². The standard InChI is InChI=1S/C15H25N3O/c1-10(2)7-18-8-12-5-6-15(13(12)9-18)14(19)17(4)11(3)16-15/h10,12-13H,5-9H2,1-4H3/t12-,13+,15-/m1/s1. The summed E-state index contributed by atoms with van der Waals surface area (Å²) in [6.07, 6.45) is 2.12. The molecule has 1 aliphatic carbocycles. The van der Waals surface area contributed by atoms with Gasteiger partial charge in [-0.05, 0) is 31.6 Å². The van der Waals surface area contributed by atoms with Gasteiger partial charge in [0.15, 0.2) is 0 Å².